The van der Waals surface area contributed by atoms with Gasteiger partial charge in [-0.15, -0.1) is 6.58 Å². The highest BCUT2D eigenvalue weighted by atomic mass is 14.9. The SMILES string of the molecule is C=CCC(CCCCC)NCCC. The van der Waals surface area contributed by atoms with Gasteiger partial charge in [-0.1, -0.05) is 39.2 Å². The van der Waals surface area contributed by atoms with Gasteiger partial charge in [0.15, 0.2) is 0 Å². The molecule has 1 nitrogen and oxygen atoms in total. The average molecular weight is 183 g/mol. The molecule has 78 valence electrons. The van der Waals surface area contributed by atoms with Gasteiger partial charge in [-0.05, 0) is 25.8 Å². The normalized spacial score (nSPS) is 12.8. The summed E-state index contributed by atoms with van der Waals surface area (Å²) >= 11 is 0. The predicted octanol–water partition coefficient (Wildman–Crippen LogP) is 3.51. The molecule has 0 heterocycles. The lowest BCUT2D eigenvalue weighted by atomic mass is 10.1. The molecule has 1 heteroatoms. The van der Waals surface area contributed by atoms with Gasteiger partial charge >= 0.3 is 0 Å². The summed E-state index contributed by atoms with van der Waals surface area (Å²) < 4.78 is 0. The third-order valence-corrected chi connectivity index (χ3v) is 2.29. The van der Waals surface area contributed by atoms with Crippen LogP contribution in [-0.2, 0) is 0 Å². The number of unbranched alkanes of at least 4 members (excludes halogenated alkanes) is 2. The van der Waals surface area contributed by atoms with Crippen LogP contribution in [0.3, 0.4) is 0 Å². The quantitative estimate of drug-likeness (QED) is 0.426. The summed E-state index contributed by atoms with van der Waals surface area (Å²) in [7, 11) is 0. The van der Waals surface area contributed by atoms with E-state index >= 15 is 0 Å². The van der Waals surface area contributed by atoms with Crippen molar-refractivity contribution in [3.05, 3.63) is 12.7 Å². The standard InChI is InChI=1S/C12H25N/c1-4-7-8-10-12(9-5-2)13-11-6-3/h5,12-13H,2,4,6-11H2,1,3H3. The van der Waals surface area contributed by atoms with Crippen molar-refractivity contribution in [2.75, 3.05) is 6.54 Å². The van der Waals surface area contributed by atoms with Crippen molar-refractivity contribution in [3.8, 4) is 0 Å². The molecule has 0 fully saturated rings. The van der Waals surface area contributed by atoms with E-state index < -0.39 is 0 Å². The third kappa shape index (κ3) is 8.04. The number of rotatable bonds is 9. The van der Waals surface area contributed by atoms with Crippen LogP contribution >= 0.6 is 0 Å². The van der Waals surface area contributed by atoms with E-state index in [1.165, 1.54) is 32.1 Å². The molecule has 0 saturated carbocycles. The summed E-state index contributed by atoms with van der Waals surface area (Å²) in [6.45, 7) is 9.40. The summed E-state index contributed by atoms with van der Waals surface area (Å²) in [5.74, 6) is 0. The number of hydrogen-bond donors (Lipinski definition) is 1. The summed E-state index contributed by atoms with van der Waals surface area (Å²) in [6, 6.07) is 0.670. The minimum Gasteiger partial charge on any atom is -0.314 e. The van der Waals surface area contributed by atoms with E-state index in [-0.39, 0.29) is 0 Å². The van der Waals surface area contributed by atoms with Gasteiger partial charge in [-0.2, -0.15) is 0 Å². The Kier molecular flexibility index (Phi) is 9.56. The van der Waals surface area contributed by atoms with Gasteiger partial charge in [-0.3, -0.25) is 0 Å². The van der Waals surface area contributed by atoms with Crippen molar-refractivity contribution < 1.29 is 0 Å². The van der Waals surface area contributed by atoms with E-state index in [2.05, 4.69) is 25.7 Å². The molecule has 1 N–H and O–H groups in total. The predicted molar refractivity (Wildman–Crippen MR) is 61.0 cm³/mol. The second kappa shape index (κ2) is 9.79. The molecule has 0 aliphatic carbocycles. The zero-order chi connectivity index (χ0) is 9.94. The molecular weight excluding hydrogens is 158 g/mol. The monoisotopic (exact) mass is 183 g/mol. The smallest absolute Gasteiger partial charge is 0.0101 e. The molecule has 0 radical (unpaired) electrons. The first kappa shape index (κ1) is 12.7. The Labute approximate surface area is 83.6 Å². The fraction of sp³-hybridized carbons (Fsp3) is 0.833. The summed E-state index contributed by atoms with van der Waals surface area (Å²) in [4.78, 5) is 0. The van der Waals surface area contributed by atoms with Gasteiger partial charge in [0.1, 0.15) is 0 Å². The molecule has 0 aliphatic rings. The zero-order valence-electron chi connectivity index (χ0n) is 9.31. The lowest BCUT2D eigenvalue weighted by Gasteiger charge is -2.16. The minimum absolute atomic E-state index is 0.670. The summed E-state index contributed by atoms with van der Waals surface area (Å²) in [5.41, 5.74) is 0. The highest BCUT2D eigenvalue weighted by Crippen LogP contribution is 2.06. The number of nitrogens with one attached hydrogen (secondary N) is 1. The van der Waals surface area contributed by atoms with Gasteiger partial charge in [-0.25, -0.2) is 0 Å². The zero-order valence-corrected chi connectivity index (χ0v) is 9.31. The Hall–Kier alpha value is -0.300. The van der Waals surface area contributed by atoms with E-state index in [1.807, 2.05) is 6.08 Å². The summed E-state index contributed by atoms with van der Waals surface area (Å²) in [5, 5.41) is 3.56. The average Bonchev–Trinajstić information content (AvgIpc) is 2.14. The highest BCUT2D eigenvalue weighted by molar-refractivity contribution is 4.77. The molecule has 0 amide bonds. The molecule has 0 bridgehead atoms. The van der Waals surface area contributed by atoms with Gasteiger partial charge in [0, 0.05) is 6.04 Å². The maximum absolute atomic E-state index is 3.80. The maximum atomic E-state index is 3.80. The van der Waals surface area contributed by atoms with Crippen LogP contribution in [0, 0.1) is 0 Å². The molecule has 0 aromatic carbocycles. The van der Waals surface area contributed by atoms with Crippen molar-refractivity contribution >= 4 is 0 Å². The van der Waals surface area contributed by atoms with Gasteiger partial charge in [0.25, 0.3) is 0 Å². The van der Waals surface area contributed by atoms with Crippen molar-refractivity contribution in [1.82, 2.24) is 5.32 Å². The van der Waals surface area contributed by atoms with Gasteiger partial charge < -0.3 is 5.32 Å². The van der Waals surface area contributed by atoms with E-state index in [4.69, 9.17) is 0 Å². The lowest BCUT2D eigenvalue weighted by molar-refractivity contribution is 0.462. The molecule has 1 unspecified atom stereocenters. The molecule has 0 aliphatic heterocycles. The van der Waals surface area contributed by atoms with E-state index in [0.717, 1.165) is 13.0 Å². The Bertz CT molecular complexity index is 110. The molecule has 0 spiro atoms. The van der Waals surface area contributed by atoms with Crippen LogP contribution in [0.2, 0.25) is 0 Å². The van der Waals surface area contributed by atoms with Crippen LogP contribution in [0.4, 0.5) is 0 Å². The molecule has 1 atom stereocenters. The van der Waals surface area contributed by atoms with Gasteiger partial charge in [0.05, 0.1) is 0 Å². The first-order valence-corrected chi connectivity index (χ1v) is 5.69. The Balaban J connectivity index is 3.47. The van der Waals surface area contributed by atoms with Crippen LogP contribution in [0.1, 0.15) is 52.4 Å². The number of hydrogen-bond acceptors (Lipinski definition) is 1. The molecule has 0 saturated heterocycles. The highest BCUT2D eigenvalue weighted by Gasteiger charge is 2.03. The van der Waals surface area contributed by atoms with Crippen LogP contribution in [0.5, 0.6) is 0 Å². The fourth-order valence-electron chi connectivity index (χ4n) is 1.49. The van der Waals surface area contributed by atoms with Crippen molar-refractivity contribution in [1.29, 1.82) is 0 Å². The van der Waals surface area contributed by atoms with Gasteiger partial charge in [0.2, 0.25) is 0 Å². The molecular formula is C12H25N. The fourth-order valence-corrected chi connectivity index (χ4v) is 1.49. The van der Waals surface area contributed by atoms with Crippen LogP contribution in [-0.4, -0.2) is 12.6 Å². The maximum Gasteiger partial charge on any atom is 0.0101 e. The topological polar surface area (TPSA) is 12.0 Å². The van der Waals surface area contributed by atoms with Crippen LogP contribution in [0.25, 0.3) is 0 Å². The molecule has 0 aromatic rings. The Morgan fingerprint density at radius 3 is 2.54 bits per heavy atom. The minimum atomic E-state index is 0.670. The molecule has 13 heavy (non-hydrogen) atoms. The molecule has 0 aromatic heterocycles. The Morgan fingerprint density at radius 1 is 1.23 bits per heavy atom. The summed E-state index contributed by atoms with van der Waals surface area (Å²) in [6.07, 6.45) is 9.70. The van der Waals surface area contributed by atoms with E-state index in [9.17, 15) is 0 Å². The van der Waals surface area contributed by atoms with Crippen LogP contribution < -0.4 is 5.32 Å². The second-order valence-corrected chi connectivity index (χ2v) is 3.67. The first-order chi connectivity index (χ1) is 6.35. The van der Waals surface area contributed by atoms with Crippen molar-refractivity contribution in [2.45, 2.75) is 58.4 Å². The second-order valence-electron chi connectivity index (χ2n) is 3.67. The Morgan fingerprint density at radius 2 is 2.00 bits per heavy atom. The van der Waals surface area contributed by atoms with Crippen molar-refractivity contribution in [2.24, 2.45) is 0 Å². The largest absolute Gasteiger partial charge is 0.314 e. The third-order valence-electron chi connectivity index (χ3n) is 2.29. The van der Waals surface area contributed by atoms with E-state index in [0.29, 0.717) is 6.04 Å². The van der Waals surface area contributed by atoms with Crippen molar-refractivity contribution in [3.63, 3.8) is 0 Å². The van der Waals surface area contributed by atoms with Crippen LogP contribution in [0.15, 0.2) is 12.7 Å². The lowest BCUT2D eigenvalue weighted by Crippen LogP contribution is -2.29. The molecule has 0 rings (SSSR count). The first-order valence-electron chi connectivity index (χ1n) is 5.69. The van der Waals surface area contributed by atoms with E-state index in [1.54, 1.807) is 0 Å².